The molecule has 0 atom stereocenters. The molecule has 11 nitrogen and oxygen atoms in total. The fraction of sp³-hybridized carbons (Fsp3) is 0.0455. The van der Waals surface area contributed by atoms with Gasteiger partial charge in [-0.1, -0.05) is 18.2 Å². The van der Waals surface area contributed by atoms with Gasteiger partial charge in [-0.3, -0.25) is 14.8 Å². The van der Waals surface area contributed by atoms with Crippen molar-refractivity contribution in [1.82, 2.24) is 0 Å². The first-order valence-corrected chi connectivity index (χ1v) is 12.8. The van der Waals surface area contributed by atoms with E-state index >= 15 is 0 Å². The van der Waals surface area contributed by atoms with Gasteiger partial charge >= 0.3 is 5.97 Å². The Morgan fingerprint density at radius 1 is 0.971 bits per heavy atom. The Bertz CT molecular complexity index is 1480. The standard InChI is InChI=1S/C22H19N3O8S2/c23-34(29,30)21-3-1-2-18(14-21)24-35(31,32)20-11-6-16(7-12-20)8-13-22(26)33-15-17-4-9-19(10-5-17)25(27)28/h1-14,24H,15H2,(H2,23,29,30)/b13-8+. The van der Waals surface area contributed by atoms with Crippen LogP contribution in [0.2, 0.25) is 0 Å². The number of nitrogens with one attached hydrogen (secondary N) is 1. The Hall–Kier alpha value is -4.07. The lowest BCUT2D eigenvalue weighted by Crippen LogP contribution is -2.15. The van der Waals surface area contributed by atoms with Crippen LogP contribution in [-0.2, 0) is 36.2 Å². The van der Waals surface area contributed by atoms with Crippen molar-refractivity contribution in [3.63, 3.8) is 0 Å². The number of esters is 1. The van der Waals surface area contributed by atoms with Gasteiger partial charge in [-0.15, -0.1) is 0 Å². The minimum absolute atomic E-state index is 0.0243. The highest BCUT2D eigenvalue weighted by Crippen LogP contribution is 2.20. The molecule has 0 radical (unpaired) electrons. The number of carbonyl (C=O) groups excluding carboxylic acids is 1. The molecule has 3 aromatic carbocycles. The maximum absolute atomic E-state index is 12.6. The first-order chi connectivity index (χ1) is 16.4. The van der Waals surface area contributed by atoms with Crippen LogP contribution >= 0.6 is 0 Å². The summed E-state index contributed by atoms with van der Waals surface area (Å²) >= 11 is 0. The number of carbonyl (C=O) groups is 1. The van der Waals surface area contributed by atoms with Gasteiger partial charge in [0.25, 0.3) is 15.7 Å². The molecule has 0 spiro atoms. The fourth-order valence-corrected chi connectivity index (χ4v) is 4.40. The number of nitro benzene ring substituents is 1. The van der Waals surface area contributed by atoms with Crippen molar-refractivity contribution in [1.29, 1.82) is 0 Å². The number of rotatable bonds is 9. The SMILES string of the molecule is NS(=O)(=O)c1cccc(NS(=O)(=O)c2ccc(/C=C/C(=O)OCc3ccc([N+](=O)[O-])cc3)cc2)c1. The van der Waals surface area contributed by atoms with Crippen LogP contribution in [0.5, 0.6) is 0 Å². The highest BCUT2D eigenvalue weighted by atomic mass is 32.2. The van der Waals surface area contributed by atoms with E-state index in [9.17, 15) is 31.7 Å². The lowest BCUT2D eigenvalue weighted by Gasteiger charge is -2.09. The maximum atomic E-state index is 12.6. The minimum Gasteiger partial charge on any atom is -0.458 e. The van der Waals surface area contributed by atoms with E-state index in [1.54, 1.807) is 0 Å². The third kappa shape index (κ3) is 7.20. The summed E-state index contributed by atoms with van der Waals surface area (Å²) in [6.45, 7) is -0.0727. The molecular weight excluding hydrogens is 498 g/mol. The van der Waals surface area contributed by atoms with E-state index in [0.29, 0.717) is 11.1 Å². The van der Waals surface area contributed by atoms with Crippen LogP contribution in [0.3, 0.4) is 0 Å². The minimum atomic E-state index is -4.01. The molecular formula is C22H19N3O8S2. The first-order valence-electron chi connectivity index (χ1n) is 9.78. The van der Waals surface area contributed by atoms with Gasteiger partial charge in [0.15, 0.2) is 0 Å². The third-order valence-corrected chi connectivity index (χ3v) is 6.85. The second kappa shape index (κ2) is 10.5. The van der Waals surface area contributed by atoms with Gasteiger partial charge in [0.1, 0.15) is 6.61 Å². The molecule has 0 aliphatic carbocycles. The number of nitro groups is 1. The summed E-state index contributed by atoms with van der Waals surface area (Å²) in [5, 5.41) is 15.7. The fourth-order valence-electron chi connectivity index (χ4n) is 2.79. The van der Waals surface area contributed by atoms with Crippen molar-refractivity contribution in [3.05, 3.63) is 100 Å². The number of nitrogens with zero attached hydrogens (tertiary/aromatic N) is 1. The van der Waals surface area contributed by atoms with Crippen LogP contribution in [0.25, 0.3) is 6.08 Å². The second-order valence-electron chi connectivity index (χ2n) is 7.11. The zero-order chi connectivity index (χ0) is 25.6. The molecule has 0 saturated carbocycles. The van der Waals surface area contributed by atoms with E-state index in [1.165, 1.54) is 72.8 Å². The molecule has 0 unspecified atom stereocenters. The summed E-state index contributed by atoms with van der Waals surface area (Å²) in [5.41, 5.74) is 1.05. The predicted molar refractivity (Wildman–Crippen MR) is 127 cm³/mol. The van der Waals surface area contributed by atoms with Crippen LogP contribution in [0.1, 0.15) is 11.1 Å². The maximum Gasteiger partial charge on any atom is 0.331 e. The van der Waals surface area contributed by atoms with E-state index in [0.717, 1.165) is 12.1 Å². The molecule has 0 heterocycles. The smallest absolute Gasteiger partial charge is 0.331 e. The quantitative estimate of drug-likeness (QED) is 0.188. The summed E-state index contributed by atoms with van der Waals surface area (Å²) in [4.78, 5) is 21.7. The Balaban J connectivity index is 1.60. The average molecular weight is 518 g/mol. The van der Waals surface area contributed by atoms with Gasteiger partial charge in [-0.25, -0.2) is 26.8 Å². The number of benzene rings is 3. The molecule has 3 aromatic rings. The number of nitrogens with two attached hydrogens (primary N) is 1. The van der Waals surface area contributed by atoms with Crippen LogP contribution in [0.15, 0.2) is 88.7 Å². The van der Waals surface area contributed by atoms with Gasteiger partial charge < -0.3 is 4.74 Å². The normalized spacial score (nSPS) is 11.8. The predicted octanol–water partition coefficient (Wildman–Crippen LogP) is 2.80. The summed E-state index contributed by atoms with van der Waals surface area (Å²) < 4.78 is 55.5. The van der Waals surface area contributed by atoms with Crippen LogP contribution in [0.4, 0.5) is 11.4 Å². The molecule has 0 aromatic heterocycles. The van der Waals surface area contributed by atoms with Gasteiger partial charge in [0.2, 0.25) is 10.0 Å². The molecule has 0 bridgehead atoms. The largest absolute Gasteiger partial charge is 0.458 e. The first kappa shape index (κ1) is 25.6. The molecule has 0 saturated heterocycles. The molecule has 182 valence electrons. The zero-order valence-electron chi connectivity index (χ0n) is 17.9. The van der Waals surface area contributed by atoms with E-state index in [-0.39, 0.29) is 27.8 Å². The Morgan fingerprint density at radius 3 is 2.23 bits per heavy atom. The molecule has 0 aliphatic heterocycles. The van der Waals surface area contributed by atoms with Gasteiger partial charge in [-0.05, 0) is 59.7 Å². The van der Waals surface area contributed by atoms with Crippen molar-refractivity contribution in [3.8, 4) is 0 Å². The Kier molecular flexibility index (Phi) is 7.64. The topological polar surface area (TPSA) is 176 Å². The average Bonchev–Trinajstić information content (AvgIpc) is 2.81. The van der Waals surface area contributed by atoms with Crippen molar-refractivity contribution in [2.24, 2.45) is 5.14 Å². The van der Waals surface area contributed by atoms with Gasteiger partial charge in [0, 0.05) is 18.2 Å². The number of anilines is 1. The summed E-state index contributed by atoms with van der Waals surface area (Å²) in [7, 11) is -8.01. The van der Waals surface area contributed by atoms with E-state index in [4.69, 9.17) is 9.88 Å². The summed E-state index contributed by atoms with van der Waals surface area (Å²) in [5.74, 6) is -0.656. The monoisotopic (exact) mass is 517 g/mol. The van der Waals surface area contributed by atoms with Crippen LogP contribution < -0.4 is 9.86 Å². The molecule has 3 rings (SSSR count). The molecule has 13 heteroatoms. The number of non-ortho nitro benzene ring substituents is 1. The lowest BCUT2D eigenvalue weighted by molar-refractivity contribution is -0.384. The van der Waals surface area contributed by atoms with Gasteiger partial charge in [-0.2, -0.15) is 0 Å². The van der Waals surface area contributed by atoms with Crippen molar-refractivity contribution >= 4 is 43.5 Å². The molecule has 0 amide bonds. The number of ether oxygens (including phenoxy) is 1. The second-order valence-corrected chi connectivity index (χ2v) is 10.4. The third-order valence-electron chi connectivity index (χ3n) is 4.55. The van der Waals surface area contributed by atoms with Crippen LogP contribution in [-0.4, -0.2) is 27.7 Å². The molecule has 3 N–H and O–H groups in total. The van der Waals surface area contributed by atoms with Crippen molar-refractivity contribution in [2.45, 2.75) is 16.4 Å². The van der Waals surface area contributed by atoms with E-state index < -0.39 is 30.9 Å². The lowest BCUT2D eigenvalue weighted by atomic mass is 10.2. The van der Waals surface area contributed by atoms with Crippen molar-refractivity contribution < 1.29 is 31.3 Å². The molecule has 35 heavy (non-hydrogen) atoms. The van der Waals surface area contributed by atoms with Gasteiger partial charge in [0.05, 0.1) is 20.4 Å². The van der Waals surface area contributed by atoms with E-state index in [2.05, 4.69) is 4.72 Å². The zero-order valence-corrected chi connectivity index (χ0v) is 19.5. The number of hydrogen-bond acceptors (Lipinski definition) is 8. The highest BCUT2D eigenvalue weighted by Gasteiger charge is 2.16. The summed E-state index contributed by atoms with van der Waals surface area (Å²) in [6, 6.07) is 16.2. The summed E-state index contributed by atoms with van der Waals surface area (Å²) in [6.07, 6.45) is 2.59. The molecule has 0 aliphatic rings. The number of primary sulfonamides is 1. The number of sulfonamides is 2. The Labute approximate surface area is 201 Å². The van der Waals surface area contributed by atoms with Crippen molar-refractivity contribution in [2.75, 3.05) is 4.72 Å². The molecule has 0 fully saturated rings. The van der Waals surface area contributed by atoms with Crippen LogP contribution in [0, 0.1) is 10.1 Å². The number of hydrogen-bond donors (Lipinski definition) is 2. The highest BCUT2D eigenvalue weighted by molar-refractivity contribution is 7.92. The Morgan fingerprint density at radius 2 is 1.63 bits per heavy atom. The van der Waals surface area contributed by atoms with E-state index in [1.807, 2.05) is 0 Å².